The molecule has 1 saturated heterocycles. The van der Waals surface area contributed by atoms with E-state index in [0.717, 1.165) is 5.92 Å². The van der Waals surface area contributed by atoms with Crippen LogP contribution in [0.1, 0.15) is 61.3 Å². The van der Waals surface area contributed by atoms with Gasteiger partial charge >= 0.3 is 0 Å². The van der Waals surface area contributed by atoms with Crippen molar-refractivity contribution in [2.24, 2.45) is 5.92 Å². The number of thiol groups is 1. The van der Waals surface area contributed by atoms with Crippen LogP contribution in [0, 0.1) is 5.92 Å². The first kappa shape index (κ1) is 24.5. The molecular formula is C13H35NS. The molecule has 0 aliphatic carbocycles. The van der Waals surface area contributed by atoms with Crippen LogP contribution in [-0.4, -0.2) is 19.3 Å². The van der Waals surface area contributed by atoms with Gasteiger partial charge in [-0.15, -0.1) is 0 Å². The molecule has 0 unspecified atom stereocenters. The minimum absolute atomic E-state index is 0.973. The van der Waals surface area contributed by atoms with Crippen molar-refractivity contribution < 1.29 is 0 Å². The molecule has 1 rings (SSSR count). The van der Waals surface area contributed by atoms with Crippen LogP contribution in [0.3, 0.4) is 0 Å². The Balaban J connectivity index is -0.0000000650. The van der Waals surface area contributed by atoms with Gasteiger partial charge in [-0.25, -0.2) is 0 Å². The minimum atomic E-state index is 0.973. The largest absolute Gasteiger partial charge is 0.317 e. The van der Waals surface area contributed by atoms with Crippen LogP contribution in [-0.2, 0) is 0 Å². The number of nitrogens with one attached hydrogen (secondary N) is 1. The van der Waals surface area contributed by atoms with Crippen molar-refractivity contribution in [3.63, 3.8) is 0 Å². The summed E-state index contributed by atoms with van der Waals surface area (Å²) < 4.78 is 0. The summed E-state index contributed by atoms with van der Waals surface area (Å²) in [6.45, 7) is 16.8. The molecule has 0 spiro atoms. The van der Waals surface area contributed by atoms with E-state index < -0.39 is 0 Å². The molecule has 0 atom stereocenters. The zero-order valence-electron chi connectivity index (χ0n) is 12.4. The molecule has 0 saturated carbocycles. The van der Waals surface area contributed by atoms with Crippen LogP contribution in [0.25, 0.3) is 0 Å². The number of hydrogen-bond donors (Lipinski definition) is 2. The van der Waals surface area contributed by atoms with Gasteiger partial charge in [-0.1, -0.05) is 48.5 Å². The zero-order valence-corrected chi connectivity index (χ0v) is 13.2. The number of piperidine rings is 1. The van der Waals surface area contributed by atoms with E-state index in [4.69, 9.17) is 0 Å². The number of hydrogen-bond acceptors (Lipinski definition) is 2. The van der Waals surface area contributed by atoms with Gasteiger partial charge in [-0.2, -0.15) is 12.6 Å². The summed E-state index contributed by atoms with van der Waals surface area (Å²) in [6.07, 6.45) is 4.44. The summed E-state index contributed by atoms with van der Waals surface area (Å²) in [5, 5.41) is 3.32. The summed E-state index contributed by atoms with van der Waals surface area (Å²) >= 11 is 3.53. The van der Waals surface area contributed by atoms with E-state index >= 15 is 0 Å². The maximum absolute atomic E-state index is 3.53. The first-order valence-corrected chi connectivity index (χ1v) is 7.44. The predicted octanol–water partition coefficient (Wildman–Crippen LogP) is 4.63. The van der Waals surface area contributed by atoms with Crippen molar-refractivity contribution in [3.8, 4) is 0 Å². The Hall–Kier alpha value is 0.310. The fourth-order valence-electron chi connectivity index (χ4n) is 0.966. The normalized spacial score (nSPS) is 13.4. The van der Waals surface area contributed by atoms with Crippen molar-refractivity contribution in [1.29, 1.82) is 0 Å². The molecule has 0 aromatic rings. The molecular weight excluding hydrogens is 202 g/mol. The highest BCUT2D eigenvalue weighted by molar-refractivity contribution is 7.79. The topological polar surface area (TPSA) is 12.0 Å². The van der Waals surface area contributed by atoms with Crippen LogP contribution in [0.2, 0.25) is 0 Å². The van der Waals surface area contributed by atoms with Gasteiger partial charge in [0.1, 0.15) is 0 Å². The van der Waals surface area contributed by atoms with Crippen molar-refractivity contribution in [1.82, 2.24) is 5.32 Å². The highest BCUT2D eigenvalue weighted by atomic mass is 32.1. The lowest BCUT2D eigenvalue weighted by molar-refractivity contribution is 0.402. The van der Waals surface area contributed by atoms with E-state index in [1.807, 2.05) is 41.5 Å². The summed E-state index contributed by atoms with van der Waals surface area (Å²) in [5.74, 6) is 0.973. The average Bonchev–Trinajstić information content (AvgIpc) is 2.40. The summed E-state index contributed by atoms with van der Waals surface area (Å²) in [7, 11) is 0. The molecule has 0 radical (unpaired) electrons. The second-order valence-corrected chi connectivity index (χ2v) is 2.43. The Kier molecular flexibility index (Phi) is 60.0. The molecule has 0 bridgehead atoms. The van der Waals surface area contributed by atoms with Crippen LogP contribution >= 0.6 is 12.6 Å². The monoisotopic (exact) mass is 237 g/mol. The average molecular weight is 237 g/mol. The van der Waals surface area contributed by atoms with Crippen LogP contribution in [0.5, 0.6) is 0 Å². The van der Waals surface area contributed by atoms with Gasteiger partial charge in [0, 0.05) is 0 Å². The standard InChI is InChI=1S/C6H13N.3C2H6.CH4S/c1-6-2-4-7-5-3-6;4*1-2/h6-7H,2-5H2,1H3;3*1-2H3;2H,1H3. The molecule has 0 amide bonds. The quantitative estimate of drug-likeness (QED) is 0.585. The second kappa shape index (κ2) is 36.7. The molecule has 1 fully saturated rings. The molecule has 1 nitrogen and oxygen atoms in total. The van der Waals surface area contributed by atoms with Gasteiger partial charge in [0.15, 0.2) is 0 Å². The third-order valence-corrected chi connectivity index (χ3v) is 1.63. The second-order valence-electron chi connectivity index (χ2n) is 2.43. The van der Waals surface area contributed by atoms with E-state index in [-0.39, 0.29) is 0 Å². The first-order chi connectivity index (χ1) is 7.39. The van der Waals surface area contributed by atoms with E-state index in [2.05, 4.69) is 24.9 Å². The van der Waals surface area contributed by atoms with Gasteiger partial charge < -0.3 is 5.32 Å². The smallest absolute Gasteiger partial charge is 0.00464 e. The Morgan fingerprint density at radius 2 is 1.07 bits per heavy atom. The molecule has 1 aliphatic rings. The third kappa shape index (κ3) is 31.4. The molecule has 98 valence electrons. The lowest BCUT2D eigenvalue weighted by atomic mass is 10.0. The maximum atomic E-state index is 3.53. The van der Waals surface area contributed by atoms with E-state index in [1.54, 1.807) is 6.26 Å². The van der Waals surface area contributed by atoms with Crippen LogP contribution < -0.4 is 5.32 Å². The third-order valence-electron chi connectivity index (χ3n) is 1.63. The van der Waals surface area contributed by atoms with Crippen molar-refractivity contribution in [2.45, 2.75) is 61.3 Å². The van der Waals surface area contributed by atoms with E-state index in [1.165, 1.54) is 25.9 Å². The first-order valence-electron chi connectivity index (χ1n) is 6.55. The van der Waals surface area contributed by atoms with E-state index in [9.17, 15) is 0 Å². The lowest BCUT2D eigenvalue weighted by Crippen LogP contribution is -2.26. The summed E-state index contributed by atoms with van der Waals surface area (Å²) in [5.41, 5.74) is 0. The van der Waals surface area contributed by atoms with E-state index in [0.29, 0.717) is 0 Å². The van der Waals surface area contributed by atoms with Gasteiger partial charge in [0.05, 0.1) is 0 Å². The maximum Gasteiger partial charge on any atom is -0.00464 e. The number of rotatable bonds is 0. The molecule has 1 N–H and O–H groups in total. The fourth-order valence-corrected chi connectivity index (χ4v) is 0.966. The SMILES string of the molecule is CC.CC.CC.CC1CCNCC1.CS. The van der Waals surface area contributed by atoms with Crippen LogP contribution in [0.4, 0.5) is 0 Å². The fraction of sp³-hybridized carbons (Fsp3) is 1.00. The lowest BCUT2D eigenvalue weighted by Gasteiger charge is -2.17. The summed E-state index contributed by atoms with van der Waals surface area (Å²) in [6, 6.07) is 0. The molecule has 0 aromatic heterocycles. The molecule has 15 heavy (non-hydrogen) atoms. The Morgan fingerprint density at radius 1 is 0.800 bits per heavy atom. The van der Waals surface area contributed by atoms with Gasteiger partial charge in [-0.05, 0) is 38.1 Å². The van der Waals surface area contributed by atoms with Crippen molar-refractivity contribution >= 4 is 12.6 Å². The van der Waals surface area contributed by atoms with Gasteiger partial charge in [-0.3, -0.25) is 0 Å². The minimum Gasteiger partial charge on any atom is -0.317 e. The molecule has 2 heteroatoms. The Morgan fingerprint density at radius 3 is 1.20 bits per heavy atom. The molecule has 1 aliphatic heterocycles. The molecule has 0 aromatic carbocycles. The zero-order chi connectivity index (χ0) is 13.1. The van der Waals surface area contributed by atoms with Crippen molar-refractivity contribution in [2.75, 3.05) is 19.3 Å². The highest BCUT2D eigenvalue weighted by Gasteiger charge is 2.04. The Bertz CT molecular complexity index is 52.5. The Labute approximate surface area is 105 Å². The predicted molar refractivity (Wildman–Crippen MR) is 80.2 cm³/mol. The molecule has 1 heterocycles. The highest BCUT2D eigenvalue weighted by Crippen LogP contribution is 2.08. The van der Waals surface area contributed by atoms with Crippen molar-refractivity contribution in [3.05, 3.63) is 0 Å². The van der Waals surface area contributed by atoms with Crippen LogP contribution in [0.15, 0.2) is 0 Å². The van der Waals surface area contributed by atoms with Gasteiger partial charge in [0.25, 0.3) is 0 Å². The summed E-state index contributed by atoms with van der Waals surface area (Å²) in [4.78, 5) is 0. The van der Waals surface area contributed by atoms with Gasteiger partial charge in [0.2, 0.25) is 0 Å².